The van der Waals surface area contributed by atoms with Crippen LogP contribution >= 0.6 is 0 Å². The Morgan fingerprint density at radius 2 is 2.00 bits per heavy atom. The minimum atomic E-state index is -0.236. The molecule has 0 atom stereocenters. The number of aromatic amines is 1. The molecule has 0 saturated heterocycles. The first-order valence-electron chi connectivity index (χ1n) is 7.24. The molecule has 116 valence electrons. The number of anilines is 1. The van der Waals surface area contributed by atoms with E-state index in [0.717, 1.165) is 22.4 Å². The SMILES string of the molecule is CNc1cn2cc(-c3c(C)c(F)c(C)c4[nH]ncc34)ncc2n1. The van der Waals surface area contributed by atoms with Gasteiger partial charge >= 0.3 is 0 Å². The number of nitrogens with one attached hydrogen (secondary N) is 2. The van der Waals surface area contributed by atoms with Crippen molar-refractivity contribution in [3.63, 3.8) is 0 Å². The standard InChI is InChI=1S/C16H15FN6/c1-8-14(10-4-20-22-16(10)9(2)15(8)17)11-6-23-7-12(18-3)21-13(23)5-19-11/h4-7,18H,1-3H3,(H,20,22). The van der Waals surface area contributed by atoms with E-state index in [2.05, 4.69) is 25.5 Å². The van der Waals surface area contributed by atoms with Crippen LogP contribution in [0.4, 0.5) is 10.2 Å². The van der Waals surface area contributed by atoms with Gasteiger partial charge in [-0.15, -0.1) is 0 Å². The van der Waals surface area contributed by atoms with Crippen LogP contribution in [-0.2, 0) is 0 Å². The molecule has 4 rings (SSSR count). The predicted molar refractivity (Wildman–Crippen MR) is 87.1 cm³/mol. The van der Waals surface area contributed by atoms with Gasteiger partial charge in [0.2, 0.25) is 0 Å². The Balaban J connectivity index is 2.03. The molecule has 0 fully saturated rings. The van der Waals surface area contributed by atoms with Gasteiger partial charge in [0.15, 0.2) is 5.65 Å². The van der Waals surface area contributed by atoms with E-state index >= 15 is 0 Å². The monoisotopic (exact) mass is 310 g/mol. The molecule has 0 spiro atoms. The summed E-state index contributed by atoms with van der Waals surface area (Å²) in [6.45, 7) is 3.52. The van der Waals surface area contributed by atoms with Gasteiger partial charge in [-0.2, -0.15) is 5.10 Å². The first-order chi connectivity index (χ1) is 11.1. The number of H-pyrrole nitrogens is 1. The van der Waals surface area contributed by atoms with Crippen LogP contribution in [0.3, 0.4) is 0 Å². The molecule has 0 unspecified atom stereocenters. The van der Waals surface area contributed by atoms with Gasteiger partial charge in [0.1, 0.15) is 11.6 Å². The minimum Gasteiger partial charge on any atom is -0.372 e. The molecule has 0 aliphatic rings. The summed E-state index contributed by atoms with van der Waals surface area (Å²) in [6.07, 6.45) is 7.11. The molecular formula is C16H15FN6. The van der Waals surface area contributed by atoms with Gasteiger partial charge in [-0.25, -0.2) is 9.37 Å². The third-order valence-corrected chi connectivity index (χ3v) is 4.17. The number of imidazole rings is 1. The fourth-order valence-corrected chi connectivity index (χ4v) is 2.94. The highest BCUT2D eigenvalue weighted by atomic mass is 19.1. The van der Waals surface area contributed by atoms with Gasteiger partial charge in [-0.1, -0.05) is 0 Å². The van der Waals surface area contributed by atoms with Crippen molar-refractivity contribution in [3.05, 3.63) is 41.7 Å². The lowest BCUT2D eigenvalue weighted by Gasteiger charge is -2.11. The average Bonchev–Trinajstić information content (AvgIpc) is 3.18. The van der Waals surface area contributed by atoms with Gasteiger partial charge in [-0.05, 0) is 19.4 Å². The summed E-state index contributed by atoms with van der Waals surface area (Å²) >= 11 is 0. The van der Waals surface area contributed by atoms with Gasteiger partial charge in [0.05, 0.1) is 29.8 Å². The summed E-state index contributed by atoms with van der Waals surface area (Å²) in [5.74, 6) is 0.518. The Morgan fingerprint density at radius 3 is 2.78 bits per heavy atom. The molecular weight excluding hydrogens is 295 g/mol. The number of nitrogens with zero attached hydrogens (tertiary/aromatic N) is 4. The Morgan fingerprint density at radius 1 is 1.17 bits per heavy atom. The molecule has 2 N–H and O–H groups in total. The zero-order valence-electron chi connectivity index (χ0n) is 13.0. The second-order valence-electron chi connectivity index (χ2n) is 5.51. The molecule has 4 aromatic rings. The molecule has 0 radical (unpaired) electrons. The van der Waals surface area contributed by atoms with E-state index < -0.39 is 0 Å². The van der Waals surface area contributed by atoms with Crippen molar-refractivity contribution in [2.75, 3.05) is 12.4 Å². The molecule has 3 heterocycles. The van der Waals surface area contributed by atoms with Crippen LogP contribution in [0.15, 0.2) is 24.8 Å². The fraction of sp³-hybridized carbons (Fsp3) is 0.188. The molecule has 0 saturated carbocycles. The van der Waals surface area contributed by atoms with E-state index in [9.17, 15) is 4.39 Å². The van der Waals surface area contributed by atoms with Gasteiger partial charge in [0, 0.05) is 29.8 Å². The third kappa shape index (κ3) is 1.89. The first kappa shape index (κ1) is 13.7. The minimum absolute atomic E-state index is 0.236. The van der Waals surface area contributed by atoms with Crippen molar-refractivity contribution in [1.29, 1.82) is 0 Å². The van der Waals surface area contributed by atoms with Crippen LogP contribution in [0, 0.1) is 19.7 Å². The summed E-state index contributed by atoms with van der Waals surface area (Å²) in [7, 11) is 1.81. The Hall–Kier alpha value is -2.96. The topological polar surface area (TPSA) is 70.9 Å². The Kier molecular flexibility index (Phi) is 2.84. The summed E-state index contributed by atoms with van der Waals surface area (Å²) in [6, 6.07) is 0. The molecule has 0 amide bonds. The largest absolute Gasteiger partial charge is 0.372 e. The molecule has 0 aliphatic carbocycles. The number of aromatic nitrogens is 5. The highest BCUT2D eigenvalue weighted by Gasteiger charge is 2.18. The number of aryl methyl sites for hydroxylation is 1. The van der Waals surface area contributed by atoms with E-state index in [1.165, 1.54) is 0 Å². The smallest absolute Gasteiger partial charge is 0.157 e. The Bertz CT molecular complexity index is 1050. The second-order valence-corrected chi connectivity index (χ2v) is 5.51. The zero-order valence-corrected chi connectivity index (χ0v) is 13.0. The molecule has 23 heavy (non-hydrogen) atoms. The maximum absolute atomic E-state index is 14.6. The van der Waals surface area contributed by atoms with Crippen LogP contribution in [0.5, 0.6) is 0 Å². The van der Waals surface area contributed by atoms with E-state index in [-0.39, 0.29) is 5.82 Å². The van der Waals surface area contributed by atoms with Crippen LogP contribution < -0.4 is 5.32 Å². The average molecular weight is 310 g/mol. The molecule has 6 nitrogen and oxygen atoms in total. The van der Waals surface area contributed by atoms with Gasteiger partial charge in [-0.3, -0.25) is 10.1 Å². The number of rotatable bonds is 2. The second kappa shape index (κ2) is 4.77. The van der Waals surface area contributed by atoms with Crippen LogP contribution in [0.25, 0.3) is 27.8 Å². The molecule has 0 aliphatic heterocycles. The summed E-state index contributed by atoms with van der Waals surface area (Å²) in [5, 5.41) is 10.8. The number of hydrogen-bond donors (Lipinski definition) is 2. The van der Waals surface area contributed by atoms with E-state index in [0.29, 0.717) is 22.3 Å². The molecule has 7 heteroatoms. The molecule has 3 aromatic heterocycles. The van der Waals surface area contributed by atoms with Crippen molar-refractivity contribution in [1.82, 2.24) is 24.6 Å². The maximum atomic E-state index is 14.6. The highest BCUT2D eigenvalue weighted by molar-refractivity contribution is 5.97. The quantitative estimate of drug-likeness (QED) is 0.597. The Labute approximate surface area is 131 Å². The number of benzene rings is 1. The normalized spacial score (nSPS) is 11.5. The van der Waals surface area contributed by atoms with Crippen molar-refractivity contribution >= 4 is 22.4 Å². The summed E-state index contributed by atoms with van der Waals surface area (Å²) < 4.78 is 16.4. The van der Waals surface area contributed by atoms with Crippen LogP contribution in [-0.4, -0.2) is 31.6 Å². The molecule has 1 aromatic carbocycles. The summed E-state index contributed by atoms with van der Waals surface area (Å²) in [5.41, 5.74) is 3.99. The van der Waals surface area contributed by atoms with Gasteiger partial charge < -0.3 is 9.72 Å². The van der Waals surface area contributed by atoms with E-state index in [1.807, 2.05) is 23.8 Å². The van der Waals surface area contributed by atoms with Crippen LogP contribution in [0.2, 0.25) is 0 Å². The maximum Gasteiger partial charge on any atom is 0.157 e. The van der Waals surface area contributed by atoms with E-state index in [1.54, 1.807) is 26.2 Å². The molecule has 0 bridgehead atoms. The lowest BCUT2D eigenvalue weighted by Crippen LogP contribution is -1.97. The number of halogens is 1. The first-order valence-corrected chi connectivity index (χ1v) is 7.24. The fourth-order valence-electron chi connectivity index (χ4n) is 2.94. The summed E-state index contributed by atoms with van der Waals surface area (Å²) in [4.78, 5) is 8.84. The van der Waals surface area contributed by atoms with Crippen molar-refractivity contribution in [2.45, 2.75) is 13.8 Å². The van der Waals surface area contributed by atoms with E-state index in [4.69, 9.17) is 0 Å². The van der Waals surface area contributed by atoms with Crippen molar-refractivity contribution in [3.8, 4) is 11.3 Å². The zero-order chi connectivity index (χ0) is 16.1. The van der Waals surface area contributed by atoms with Crippen LogP contribution in [0.1, 0.15) is 11.1 Å². The lowest BCUT2D eigenvalue weighted by atomic mass is 9.97. The third-order valence-electron chi connectivity index (χ3n) is 4.17. The van der Waals surface area contributed by atoms with Crippen molar-refractivity contribution in [2.24, 2.45) is 0 Å². The van der Waals surface area contributed by atoms with Crippen molar-refractivity contribution < 1.29 is 4.39 Å². The predicted octanol–water partition coefficient (Wildman–Crippen LogP) is 3.07. The number of hydrogen-bond acceptors (Lipinski definition) is 4. The van der Waals surface area contributed by atoms with Gasteiger partial charge in [0.25, 0.3) is 0 Å². The number of fused-ring (bicyclic) bond motifs is 2. The highest BCUT2D eigenvalue weighted by Crippen LogP contribution is 2.34. The lowest BCUT2D eigenvalue weighted by molar-refractivity contribution is 0.612.